The van der Waals surface area contributed by atoms with Crippen LogP contribution in [0.2, 0.25) is 0 Å². The van der Waals surface area contributed by atoms with Gasteiger partial charge in [0.2, 0.25) is 0 Å². The summed E-state index contributed by atoms with van der Waals surface area (Å²) < 4.78 is 6.76. The molecule has 0 fully saturated rings. The summed E-state index contributed by atoms with van der Waals surface area (Å²) in [5.74, 6) is -0.229. The number of ether oxygens (including phenoxy) is 1. The summed E-state index contributed by atoms with van der Waals surface area (Å²) in [5.41, 5.74) is 3.00. The molecule has 148 valence electrons. The molecule has 0 amide bonds. The van der Waals surface area contributed by atoms with Crippen LogP contribution in [0.15, 0.2) is 34.4 Å². The molecule has 0 unspecified atom stereocenters. The zero-order chi connectivity index (χ0) is 20.1. The van der Waals surface area contributed by atoms with Gasteiger partial charge in [0.25, 0.3) is 5.56 Å². The van der Waals surface area contributed by atoms with Gasteiger partial charge >= 0.3 is 5.97 Å². The van der Waals surface area contributed by atoms with Crippen molar-refractivity contribution in [3.63, 3.8) is 0 Å². The van der Waals surface area contributed by atoms with Gasteiger partial charge in [0, 0.05) is 37.4 Å². The number of fused-ring (bicyclic) bond motifs is 1. The quantitative estimate of drug-likeness (QED) is 0.592. The van der Waals surface area contributed by atoms with E-state index in [2.05, 4.69) is 19.1 Å². The Kier molecular flexibility index (Phi) is 6.59. The molecular weight excluding hydrogens is 376 g/mol. The minimum Gasteiger partial charge on any atom is -0.481 e. The number of thiophene rings is 1. The highest BCUT2D eigenvalue weighted by molar-refractivity contribution is 7.17. The van der Waals surface area contributed by atoms with Gasteiger partial charge in [-0.15, -0.1) is 11.3 Å². The van der Waals surface area contributed by atoms with E-state index in [4.69, 9.17) is 14.8 Å². The molecule has 6 nitrogen and oxygen atoms in total. The van der Waals surface area contributed by atoms with Crippen molar-refractivity contribution < 1.29 is 14.6 Å². The Hall–Kier alpha value is -2.51. The Morgan fingerprint density at radius 2 is 2.04 bits per heavy atom. The Labute approximate surface area is 167 Å². The molecule has 7 heteroatoms. The van der Waals surface area contributed by atoms with E-state index in [9.17, 15) is 9.59 Å². The van der Waals surface area contributed by atoms with Crippen LogP contribution in [0.25, 0.3) is 21.3 Å². The number of hydrogen-bond acceptors (Lipinski definition) is 5. The third-order valence-corrected chi connectivity index (χ3v) is 5.62. The minimum atomic E-state index is -0.868. The molecule has 2 aromatic heterocycles. The van der Waals surface area contributed by atoms with Crippen molar-refractivity contribution in [2.75, 3.05) is 13.7 Å². The fourth-order valence-corrected chi connectivity index (χ4v) is 4.16. The van der Waals surface area contributed by atoms with E-state index < -0.39 is 5.97 Å². The van der Waals surface area contributed by atoms with E-state index in [1.54, 1.807) is 11.7 Å². The van der Waals surface area contributed by atoms with Gasteiger partial charge in [0.1, 0.15) is 10.7 Å². The first kappa shape index (κ1) is 20.2. The van der Waals surface area contributed by atoms with Crippen LogP contribution in [0.3, 0.4) is 0 Å². The number of hydrogen-bond donors (Lipinski definition) is 1. The maximum absolute atomic E-state index is 13.3. The lowest BCUT2D eigenvalue weighted by molar-refractivity contribution is -0.137. The zero-order valence-corrected chi connectivity index (χ0v) is 16.9. The number of aromatic nitrogens is 2. The summed E-state index contributed by atoms with van der Waals surface area (Å²) >= 11 is 1.46. The van der Waals surface area contributed by atoms with Gasteiger partial charge in [-0.25, -0.2) is 4.98 Å². The predicted molar refractivity (Wildman–Crippen MR) is 111 cm³/mol. The summed E-state index contributed by atoms with van der Waals surface area (Å²) in [6.07, 6.45) is 1.87. The van der Waals surface area contributed by atoms with Gasteiger partial charge in [0.05, 0.1) is 12.0 Å². The number of benzene rings is 1. The largest absolute Gasteiger partial charge is 0.481 e. The van der Waals surface area contributed by atoms with Crippen LogP contribution in [0.5, 0.6) is 0 Å². The molecule has 0 spiro atoms. The number of carboxylic acid groups (broad SMARTS) is 1. The van der Waals surface area contributed by atoms with Crippen LogP contribution in [-0.2, 0) is 28.9 Å². The molecule has 0 aliphatic rings. The van der Waals surface area contributed by atoms with Gasteiger partial charge in [-0.1, -0.05) is 31.2 Å². The first-order chi connectivity index (χ1) is 13.5. The van der Waals surface area contributed by atoms with Crippen molar-refractivity contribution in [3.05, 3.63) is 51.4 Å². The zero-order valence-electron chi connectivity index (χ0n) is 16.1. The number of aryl methyl sites for hydroxylation is 1. The Balaban J connectivity index is 2.08. The number of methoxy groups -OCH3 is 1. The fraction of sp³-hybridized carbons (Fsp3) is 0.381. The molecule has 28 heavy (non-hydrogen) atoms. The molecule has 0 aliphatic heterocycles. The average molecular weight is 401 g/mol. The molecule has 0 saturated carbocycles. The number of carbonyl (C=O) groups is 1. The van der Waals surface area contributed by atoms with Crippen molar-refractivity contribution in [2.24, 2.45) is 0 Å². The lowest BCUT2D eigenvalue weighted by Crippen LogP contribution is -2.26. The molecule has 3 rings (SSSR count). The van der Waals surface area contributed by atoms with Gasteiger partial charge in [-0.3, -0.25) is 14.2 Å². The first-order valence-corrected chi connectivity index (χ1v) is 10.2. The van der Waals surface area contributed by atoms with E-state index in [0.717, 1.165) is 17.5 Å². The third kappa shape index (κ3) is 4.31. The Morgan fingerprint density at radius 3 is 2.68 bits per heavy atom. The smallest absolute Gasteiger partial charge is 0.303 e. The van der Waals surface area contributed by atoms with Gasteiger partial charge in [0.15, 0.2) is 0 Å². The monoisotopic (exact) mass is 400 g/mol. The second-order valence-corrected chi connectivity index (χ2v) is 7.46. The summed E-state index contributed by atoms with van der Waals surface area (Å²) in [7, 11) is 1.61. The van der Waals surface area contributed by atoms with Crippen LogP contribution >= 0.6 is 11.3 Å². The summed E-state index contributed by atoms with van der Waals surface area (Å²) in [5, 5.41) is 11.5. The molecule has 2 heterocycles. The first-order valence-electron chi connectivity index (χ1n) is 9.36. The van der Waals surface area contributed by atoms with Crippen molar-refractivity contribution in [2.45, 2.75) is 39.2 Å². The topological polar surface area (TPSA) is 81.4 Å². The number of aliphatic carboxylic acids is 1. The molecule has 0 aliphatic carbocycles. The molecule has 3 aromatic rings. The van der Waals surface area contributed by atoms with Crippen LogP contribution < -0.4 is 5.56 Å². The lowest BCUT2D eigenvalue weighted by atomic mass is 10.0. The lowest BCUT2D eigenvalue weighted by Gasteiger charge is -2.12. The van der Waals surface area contributed by atoms with Gasteiger partial charge in [-0.2, -0.15) is 0 Å². The highest BCUT2D eigenvalue weighted by Gasteiger charge is 2.17. The maximum atomic E-state index is 13.3. The van der Waals surface area contributed by atoms with E-state index in [1.165, 1.54) is 16.9 Å². The van der Waals surface area contributed by atoms with Crippen LogP contribution in [0.1, 0.15) is 31.2 Å². The standard InChI is InChI=1S/C21H24N2O4S/c1-3-14-6-8-15(9-7-14)16-13-28-20-19(16)21(26)23(11-4-5-18(24)25)17(22-20)10-12-27-2/h6-9,13H,3-5,10-12H2,1-2H3,(H,24,25). The predicted octanol–water partition coefficient (Wildman–Crippen LogP) is 3.74. The van der Waals surface area contributed by atoms with Gasteiger partial charge in [-0.05, 0) is 24.0 Å². The minimum absolute atomic E-state index is 0.0170. The van der Waals surface area contributed by atoms with Crippen molar-refractivity contribution in [3.8, 4) is 11.1 Å². The summed E-state index contributed by atoms with van der Waals surface area (Å²) in [6.45, 7) is 2.89. The maximum Gasteiger partial charge on any atom is 0.303 e. The molecule has 0 atom stereocenters. The highest BCUT2D eigenvalue weighted by atomic mass is 32.1. The van der Waals surface area contributed by atoms with E-state index in [1.807, 2.05) is 17.5 Å². The normalized spacial score (nSPS) is 11.2. The van der Waals surface area contributed by atoms with E-state index >= 15 is 0 Å². The van der Waals surface area contributed by atoms with Crippen molar-refractivity contribution >= 4 is 27.5 Å². The second kappa shape index (κ2) is 9.12. The van der Waals surface area contributed by atoms with Crippen LogP contribution in [0.4, 0.5) is 0 Å². The van der Waals surface area contributed by atoms with Crippen molar-refractivity contribution in [1.29, 1.82) is 0 Å². The van der Waals surface area contributed by atoms with Gasteiger partial charge < -0.3 is 9.84 Å². The fourth-order valence-electron chi connectivity index (χ4n) is 3.20. The van der Waals surface area contributed by atoms with Crippen molar-refractivity contribution in [1.82, 2.24) is 9.55 Å². The Morgan fingerprint density at radius 1 is 1.29 bits per heavy atom. The third-order valence-electron chi connectivity index (χ3n) is 4.75. The van der Waals surface area contributed by atoms with E-state index in [-0.39, 0.29) is 12.0 Å². The average Bonchev–Trinajstić information content (AvgIpc) is 3.12. The highest BCUT2D eigenvalue weighted by Crippen LogP contribution is 2.31. The molecule has 1 aromatic carbocycles. The molecule has 1 N–H and O–H groups in total. The van der Waals surface area contributed by atoms with Crippen LogP contribution in [0, 0.1) is 0 Å². The Bertz CT molecular complexity index is 1020. The number of carboxylic acids is 1. The molecule has 0 saturated heterocycles. The number of nitrogens with zero attached hydrogens (tertiary/aromatic N) is 2. The number of rotatable bonds is 9. The molecular formula is C21H24N2O4S. The molecule has 0 radical (unpaired) electrons. The SMILES string of the molecule is CCc1ccc(-c2csc3nc(CCOC)n(CCCC(=O)O)c(=O)c23)cc1. The van der Waals surface area contributed by atoms with Crippen LogP contribution in [-0.4, -0.2) is 34.3 Å². The summed E-state index contributed by atoms with van der Waals surface area (Å²) in [4.78, 5) is 29.6. The second-order valence-electron chi connectivity index (χ2n) is 6.60. The summed E-state index contributed by atoms with van der Waals surface area (Å²) in [6, 6.07) is 8.22. The molecule has 0 bridgehead atoms. The van der Waals surface area contributed by atoms with E-state index in [0.29, 0.717) is 42.0 Å².